The van der Waals surface area contributed by atoms with Gasteiger partial charge in [0.2, 0.25) is 0 Å². The summed E-state index contributed by atoms with van der Waals surface area (Å²) in [6.45, 7) is 4.30. The highest BCUT2D eigenvalue weighted by atomic mass is 19.3. The number of carboxylic acids is 1. The second kappa shape index (κ2) is 11.2. The lowest BCUT2D eigenvalue weighted by Gasteiger charge is -2.24. The fraction of sp³-hybridized carbons (Fsp3) is 0.448. The molecule has 36 heavy (non-hydrogen) atoms. The average Bonchev–Trinajstić information content (AvgIpc) is 3.15. The highest BCUT2D eigenvalue weighted by molar-refractivity contribution is 5.95. The van der Waals surface area contributed by atoms with Gasteiger partial charge >= 0.3 is 11.7 Å². The van der Waals surface area contributed by atoms with Crippen LogP contribution in [0.15, 0.2) is 53.3 Å². The quantitative estimate of drug-likeness (QED) is 0.344. The van der Waals surface area contributed by atoms with Crippen molar-refractivity contribution in [2.75, 3.05) is 0 Å². The van der Waals surface area contributed by atoms with Crippen molar-refractivity contribution < 1.29 is 18.7 Å². The summed E-state index contributed by atoms with van der Waals surface area (Å²) in [7, 11) is 0. The Morgan fingerprint density at radius 1 is 1.03 bits per heavy atom. The number of carbonyl (C=O) groups is 1. The number of hydrogen-bond donors (Lipinski definition) is 1. The van der Waals surface area contributed by atoms with Crippen LogP contribution in [0.3, 0.4) is 0 Å². The van der Waals surface area contributed by atoms with Gasteiger partial charge in [-0.25, -0.2) is 18.4 Å². The number of aromatic nitrogens is 2. The van der Waals surface area contributed by atoms with Crippen LogP contribution in [0.5, 0.6) is 0 Å². The van der Waals surface area contributed by atoms with Crippen molar-refractivity contribution in [1.82, 2.24) is 9.13 Å². The number of aromatic carboxylic acids is 1. The zero-order chi connectivity index (χ0) is 25.8. The molecule has 4 rings (SSSR count). The zero-order valence-corrected chi connectivity index (χ0v) is 20.9. The molecule has 1 aliphatic carbocycles. The van der Waals surface area contributed by atoms with Gasteiger partial charge in [0.25, 0.3) is 6.43 Å². The van der Waals surface area contributed by atoms with Gasteiger partial charge in [-0.3, -0.25) is 9.13 Å². The minimum Gasteiger partial charge on any atom is -0.478 e. The number of alkyl halides is 2. The van der Waals surface area contributed by atoms with Crippen LogP contribution >= 0.6 is 0 Å². The molecule has 5 nitrogen and oxygen atoms in total. The summed E-state index contributed by atoms with van der Waals surface area (Å²) in [5.41, 5.74) is 2.35. The maximum Gasteiger partial charge on any atom is 0.336 e. The Labute approximate surface area is 210 Å². The Morgan fingerprint density at radius 3 is 2.31 bits per heavy atom. The van der Waals surface area contributed by atoms with Gasteiger partial charge in [0, 0.05) is 11.7 Å². The van der Waals surface area contributed by atoms with Gasteiger partial charge in [-0.05, 0) is 54.4 Å². The van der Waals surface area contributed by atoms with Crippen molar-refractivity contribution in [2.24, 2.45) is 5.92 Å². The number of carboxylic acid groups (broad SMARTS) is 1. The van der Waals surface area contributed by atoms with Gasteiger partial charge < -0.3 is 5.11 Å². The first-order chi connectivity index (χ1) is 17.3. The van der Waals surface area contributed by atoms with E-state index < -0.39 is 12.4 Å². The smallest absolute Gasteiger partial charge is 0.336 e. The average molecular weight is 497 g/mol. The predicted octanol–water partition coefficient (Wildman–Crippen LogP) is 7.09. The molecule has 1 heterocycles. The second-order valence-electron chi connectivity index (χ2n) is 10.1. The molecular weight excluding hydrogens is 462 g/mol. The van der Waals surface area contributed by atoms with Crippen LogP contribution in [-0.2, 0) is 13.0 Å². The van der Waals surface area contributed by atoms with Crippen molar-refractivity contribution in [3.63, 3.8) is 0 Å². The van der Waals surface area contributed by atoms with E-state index in [-0.39, 0.29) is 29.5 Å². The molecule has 1 aliphatic rings. The molecule has 1 saturated carbocycles. The third kappa shape index (κ3) is 5.45. The van der Waals surface area contributed by atoms with Crippen LogP contribution in [-0.4, -0.2) is 20.2 Å². The molecule has 0 aliphatic heterocycles. The van der Waals surface area contributed by atoms with E-state index in [9.17, 15) is 23.5 Å². The molecule has 0 saturated heterocycles. The van der Waals surface area contributed by atoms with E-state index in [1.807, 2.05) is 24.3 Å². The van der Waals surface area contributed by atoms with Gasteiger partial charge in [0.1, 0.15) is 5.69 Å². The van der Waals surface area contributed by atoms with E-state index in [0.717, 1.165) is 49.7 Å². The standard InChI is InChI=1S/C29H34F2N2O3/c1-19(2)12-17-25-26(27(30)31)33(22-8-4-3-5-9-22)29(36)32(25)18-20-13-15-21(16-14-20)23-10-6-7-11-24(23)28(34)35/h6-7,10-11,13-16,19,22,27H,3-5,8-9,12,17-18H2,1-2H3,(H,34,35). The van der Waals surface area contributed by atoms with E-state index in [1.54, 1.807) is 28.8 Å². The van der Waals surface area contributed by atoms with Crippen molar-refractivity contribution in [1.29, 1.82) is 0 Å². The van der Waals surface area contributed by atoms with E-state index in [2.05, 4.69) is 13.8 Å². The molecule has 0 spiro atoms. The predicted molar refractivity (Wildman–Crippen MR) is 137 cm³/mol. The first kappa shape index (κ1) is 25.9. The van der Waals surface area contributed by atoms with E-state index in [0.29, 0.717) is 23.6 Å². The fourth-order valence-corrected chi connectivity index (χ4v) is 5.29. The van der Waals surface area contributed by atoms with Crippen molar-refractivity contribution >= 4 is 5.97 Å². The molecule has 2 aromatic carbocycles. The zero-order valence-electron chi connectivity index (χ0n) is 20.9. The summed E-state index contributed by atoms with van der Waals surface area (Å²) in [6.07, 6.45) is 2.92. The number of imidazole rings is 1. The molecule has 0 unspecified atom stereocenters. The third-order valence-electron chi connectivity index (χ3n) is 7.19. The molecule has 3 aromatic rings. The van der Waals surface area contributed by atoms with Crippen molar-refractivity contribution in [3.05, 3.63) is 81.5 Å². The minimum atomic E-state index is -2.71. The second-order valence-corrected chi connectivity index (χ2v) is 10.1. The topological polar surface area (TPSA) is 64.2 Å². The van der Waals surface area contributed by atoms with Gasteiger partial charge in [0.05, 0.1) is 12.1 Å². The van der Waals surface area contributed by atoms with Crippen LogP contribution in [0.2, 0.25) is 0 Å². The van der Waals surface area contributed by atoms with Gasteiger partial charge in [-0.15, -0.1) is 0 Å². The lowest BCUT2D eigenvalue weighted by Crippen LogP contribution is -2.30. The normalized spacial score (nSPS) is 14.6. The monoisotopic (exact) mass is 496 g/mol. The van der Waals surface area contributed by atoms with Gasteiger partial charge in [-0.1, -0.05) is 75.6 Å². The van der Waals surface area contributed by atoms with Crippen LogP contribution in [0, 0.1) is 5.92 Å². The van der Waals surface area contributed by atoms with E-state index in [4.69, 9.17) is 0 Å². The Hall–Kier alpha value is -3.22. The molecule has 0 radical (unpaired) electrons. The van der Waals surface area contributed by atoms with Gasteiger partial charge in [-0.2, -0.15) is 0 Å². The molecular formula is C29H34F2N2O3. The maximum absolute atomic E-state index is 14.4. The number of benzene rings is 2. The molecule has 0 amide bonds. The number of hydrogen-bond acceptors (Lipinski definition) is 2. The summed E-state index contributed by atoms with van der Waals surface area (Å²) in [5.74, 6) is -0.676. The Morgan fingerprint density at radius 2 is 1.69 bits per heavy atom. The SMILES string of the molecule is CC(C)CCc1c(C(F)F)n(C2CCCCC2)c(=O)n1Cc1ccc(-c2ccccc2C(=O)O)cc1. The van der Waals surface area contributed by atoms with Crippen molar-refractivity contribution in [2.45, 2.75) is 77.8 Å². The lowest BCUT2D eigenvalue weighted by molar-refractivity contribution is 0.0697. The largest absolute Gasteiger partial charge is 0.478 e. The first-order valence-corrected chi connectivity index (χ1v) is 12.8. The van der Waals surface area contributed by atoms with Crippen LogP contribution < -0.4 is 5.69 Å². The minimum absolute atomic E-state index is 0.112. The summed E-state index contributed by atoms with van der Waals surface area (Å²) in [5, 5.41) is 9.51. The highest BCUT2D eigenvalue weighted by Gasteiger charge is 2.30. The number of nitrogens with zero attached hydrogens (tertiary/aromatic N) is 2. The molecule has 0 bridgehead atoms. The third-order valence-corrected chi connectivity index (χ3v) is 7.19. The molecule has 0 atom stereocenters. The van der Waals surface area contributed by atoms with Crippen LogP contribution in [0.25, 0.3) is 11.1 Å². The van der Waals surface area contributed by atoms with Crippen molar-refractivity contribution in [3.8, 4) is 11.1 Å². The Bertz CT molecular complexity index is 1250. The number of halogens is 2. The van der Waals surface area contributed by atoms with E-state index in [1.165, 1.54) is 4.57 Å². The molecule has 192 valence electrons. The van der Waals surface area contributed by atoms with Crippen LogP contribution in [0.4, 0.5) is 8.78 Å². The first-order valence-electron chi connectivity index (χ1n) is 12.8. The Kier molecular flexibility index (Phi) is 8.07. The summed E-state index contributed by atoms with van der Waals surface area (Å²) in [6, 6.07) is 13.9. The highest BCUT2D eigenvalue weighted by Crippen LogP contribution is 2.34. The fourth-order valence-electron chi connectivity index (χ4n) is 5.29. The summed E-state index contributed by atoms with van der Waals surface area (Å²) >= 11 is 0. The van der Waals surface area contributed by atoms with Gasteiger partial charge in [0.15, 0.2) is 0 Å². The summed E-state index contributed by atoms with van der Waals surface area (Å²) in [4.78, 5) is 25.2. The molecule has 1 aromatic heterocycles. The Balaban J connectivity index is 1.72. The number of rotatable bonds is 9. The molecule has 7 heteroatoms. The molecule has 1 N–H and O–H groups in total. The maximum atomic E-state index is 14.4. The summed E-state index contributed by atoms with van der Waals surface area (Å²) < 4.78 is 31.8. The van der Waals surface area contributed by atoms with Crippen LogP contribution in [0.1, 0.15) is 92.1 Å². The molecule has 1 fully saturated rings. The van der Waals surface area contributed by atoms with E-state index >= 15 is 0 Å². The lowest BCUT2D eigenvalue weighted by atomic mass is 9.95.